The number of hydrogen-bond donors (Lipinski definition) is 1. The molecule has 3 aromatic carbocycles. The second-order valence-corrected chi connectivity index (χ2v) is 6.93. The first-order valence-corrected chi connectivity index (χ1v) is 9.29. The van der Waals surface area contributed by atoms with Crippen molar-refractivity contribution in [1.29, 1.82) is 0 Å². The average Bonchev–Trinajstić information content (AvgIpc) is 2.69. The van der Waals surface area contributed by atoms with Crippen LogP contribution in [0, 0.1) is 13.8 Å². The van der Waals surface area contributed by atoms with E-state index < -0.39 is 0 Å². The fraction of sp³-hybridized carbons (Fsp3) is 0.217. The smallest absolute Gasteiger partial charge is 0.161 e. The predicted octanol–water partition coefficient (Wildman–Crippen LogP) is 6.16. The Hall–Kier alpha value is -2.65. The molecule has 0 saturated carbocycles. The van der Waals surface area contributed by atoms with Crippen molar-refractivity contribution < 1.29 is 9.47 Å². The summed E-state index contributed by atoms with van der Waals surface area (Å²) in [6, 6.07) is 20.2. The first-order chi connectivity index (χ1) is 13.1. The summed E-state index contributed by atoms with van der Waals surface area (Å²) in [7, 11) is 1.66. The van der Waals surface area contributed by atoms with E-state index in [4.69, 9.17) is 21.1 Å². The van der Waals surface area contributed by atoms with Crippen LogP contribution in [0.5, 0.6) is 11.5 Å². The normalized spacial score (nSPS) is 10.5. The summed E-state index contributed by atoms with van der Waals surface area (Å²) < 4.78 is 11.5. The van der Waals surface area contributed by atoms with Gasteiger partial charge in [0.05, 0.1) is 7.11 Å². The summed E-state index contributed by atoms with van der Waals surface area (Å²) in [6.45, 7) is 5.27. The van der Waals surface area contributed by atoms with Crippen molar-refractivity contribution in [1.82, 2.24) is 0 Å². The highest BCUT2D eigenvalue weighted by atomic mass is 35.5. The quantitative estimate of drug-likeness (QED) is 0.531. The van der Waals surface area contributed by atoms with Crippen LogP contribution in [0.4, 0.5) is 5.69 Å². The first-order valence-electron chi connectivity index (χ1n) is 8.91. The lowest BCUT2D eigenvalue weighted by Crippen LogP contribution is -2.03. The zero-order valence-electron chi connectivity index (χ0n) is 15.9. The second-order valence-electron chi connectivity index (χ2n) is 6.53. The summed E-state index contributed by atoms with van der Waals surface area (Å²) in [5.74, 6) is 1.46. The zero-order valence-corrected chi connectivity index (χ0v) is 16.6. The van der Waals surface area contributed by atoms with E-state index in [1.165, 1.54) is 5.56 Å². The van der Waals surface area contributed by atoms with E-state index in [2.05, 4.69) is 36.5 Å². The lowest BCUT2D eigenvalue weighted by Gasteiger charge is -2.14. The van der Waals surface area contributed by atoms with Crippen LogP contribution in [0.25, 0.3) is 0 Å². The molecule has 0 amide bonds. The molecule has 1 N–H and O–H groups in total. The van der Waals surface area contributed by atoms with E-state index in [0.29, 0.717) is 13.2 Å². The molecule has 0 aliphatic heterocycles. The third-order valence-corrected chi connectivity index (χ3v) is 4.90. The van der Waals surface area contributed by atoms with Crippen LogP contribution in [-0.2, 0) is 13.2 Å². The van der Waals surface area contributed by atoms with E-state index in [1.54, 1.807) is 7.11 Å². The Morgan fingerprint density at radius 1 is 0.889 bits per heavy atom. The first kappa shape index (κ1) is 19.1. The molecule has 0 spiro atoms. The SMILES string of the molecule is COc1cc(CNc2cccc(Cl)c2C)ccc1OCc1ccc(C)cc1. The van der Waals surface area contributed by atoms with Gasteiger partial charge in [-0.25, -0.2) is 0 Å². The van der Waals surface area contributed by atoms with Gasteiger partial charge in [0, 0.05) is 17.3 Å². The molecule has 140 valence electrons. The van der Waals surface area contributed by atoms with Gasteiger partial charge in [-0.05, 0) is 54.8 Å². The molecule has 3 aromatic rings. The van der Waals surface area contributed by atoms with E-state index in [1.807, 2.05) is 43.3 Å². The number of methoxy groups -OCH3 is 1. The van der Waals surface area contributed by atoms with Crippen molar-refractivity contribution in [3.8, 4) is 11.5 Å². The van der Waals surface area contributed by atoms with Crippen molar-refractivity contribution >= 4 is 17.3 Å². The lowest BCUT2D eigenvalue weighted by atomic mass is 10.1. The summed E-state index contributed by atoms with van der Waals surface area (Å²) in [4.78, 5) is 0. The van der Waals surface area contributed by atoms with Gasteiger partial charge in [-0.15, -0.1) is 0 Å². The van der Waals surface area contributed by atoms with Crippen LogP contribution in [0.2, 0.25) is 5.02 Å². The summed E-state index contributed by atoms with van der Waals surface area (Å²) in [5.41, 5.74) is 5.55. The van der Waals surface area contributed by atoms with Gasteiger partial charge in [-0.3, -0.25) is 0 Å². The Kier molecular flexibility index (Phi) is 6.25. The van der Waals surface area contributed by atoms with Crippen LogP contribution < -0.4 is 14.8 Å². The molecule has 27 heavy (non-hydrogen) atoms. The van der Waals surface area contributed by atoms with E-state index >= 15 is 0 Å². The molecule has 3 rings (SSSR count). The van der Waals surface area contributed by atoms with Gasteiger partial charge in [-0.2, -0.15) is 0 Å². The lowest BCUT2D eigenvalue weighted by molar-refractivity contribution is 0.284. The van der Waals surface area contributed by atoms with E-state index in [-0.39, 0.29) is 0 Å². The standard InChI is InChI=1S/C23H24ClNO2/c1-16-7-9-18(10-8-16)15-27-22-12-11-19(13-23(22)26-3)14-25-21-6-4-5-20(24)17(21)2/h4-13,25H,14-15H2,1-3H3. The van der Waals surface area contributed by atoms with Crippen molar-refractivity contribution in [3.63, 3.8) is 0 Å². The molecule has 4 heteroatoms. The average molecular weight is 382 g/mol. The number of anilines is 1. The van der Waals surface area contributed by atoms with Gasteiger partial charge in [0.15, 0.2) is 11.5 Å². The minimum atomic E-state index is 0.510. The number of ether oxygens (including phenoxy) is 2. The summed E-state index contributed by atoms with van der Waals surface area (Å²) >= 11 is 6.18. The summed E-state index contributed by atoms with van der Waals surface area (Å²) in [5, 5.41) is 4.18. The van der Waals surface area contributed by atoms with Gasteiger partial charge >= 0.3 is 0 Å². The Morgan fingerprint density at radius 2 is 1.63 bits per heavy atom. The number of aryl methyl sites for hydroxylation is 1. The molecule has 3 nitrogen and oxygen atoms in total. The van der Waals surface area contributed by atoms with Crippen molar-refractivity contribution in [2.75, 3.05) is 12.4 Å². The summed E-state index contributed by atoms with van der Waals surface area (Å²) in [6.07, 6.45) is 0. The minimum Gasteiger partial charge on any atom is -0.493 e. The Bertz CT molecular complexity index is 907. The third kappa shape index (κ3) is 4.95. The van der Waals surface area contributed by atoms with E-state index in [9.17, 15) is 0 Å². The number of rotatable bonds is 7. The maximum atomic E-state index is 6.18. The van der Waals surface area contributed by atoms with Crippen LogP contribution in [-0.4, -0.2) is 7.11 Å². The van der Waals surface area contributed by atoms with Gasteiger partial charge in [0.2, 0.25) is 0 Å². The molecule has 0 aliphatic rings. The molecule has 0 aromatic heterocycles. The highest BCUT2D eigenvalue weighted by molar-refractivity contribution is 6.31. The van der Waals surface area contributed by atoms with Crippen molar-refractivity contribution in [2.45, 2.75) is 27.0 Å². The van der Waals surface area contributed by atoms with Gasteiger partial charge < -0.3 is 14.8 Å². The molecule has 0 aliphatic carbocycles. The Labute approximate surface area is 165 Å². The molecule has 0 unspecified atom stereocenters. The number of hydrogen-bond acceptors (Lipinski definition) is 3. The fourth-order valence-corrected chi connectivity index (χ4v) is 2.96. The van der Waals surface area contributed by atoms with Crippen molar-refractivity contribution in [3.05, 3.63) is 87.9 Å². The third-order valence-electron chi connectivity index (χ3n) is 4.49. The molecule has 0 heterocycles. The zero-order chi connectivity index (χ0) is 19.2. The van der Waals surface area contributed by atoms with Crippen molar-refractivity contribution in [2.24, 2.45) is 0 Å². The maximum Gasteiger partial charge on any atom is 0.161 e. The van der Waals surface area contributed by atoms with Crippen LogP contribution >= 0.6 is 11.6 Å². The predicted molar refractivity (Wildman–Crippen MR) is 112 cm³/mol. The number of nitrogens with one attached hydrogen (secondary N) is 1. The second kappa shape index (κ2) is 8.83. The molecular formula is C23H24ClNO2. The van der Waals surface area contributed by atoms with Gasteiger partial charge in [0.25, 0.3) is 0 Å². The fourth-order valence-electron chi connectivity index (χ4n) is 2.78. The highest BCUT2D eigenvalue weighted by Crippen LogP contribution is 2.30. The Morgan fingerprint density at radius 3 is 2.37 bits per heavy atom. The van der Waals surface area contributed by atoms with Crippen LogP contribution in [0.15, 0.2) is 60.7 Å². The number of benzene rings is 3. The van der Waals surface area contributed by atoms with Gasteiger partial charge in [-0.1, -0.05) is 53.6 Å². The van der Waals surface area contributed by atoms with Crippen LogP contribution in [0.3, 0.4) is 0 Å². The minimum absolute atomic E-state index is 0.510. The van der Waals surface area contributed by atoms with Crippen LogP contribution in [0.1, 0.15) is 22.3 Å². The number of halogens is 1. The highest BCUT2D eigenvalue weighted by Gasteiger charge is 2.08. The monoisotopic (exact) mass is 381 g/mol. The maximum absolute atomic E-state index is 6.18. The molecule has 0 bridgehead atoms. The topological polar surface area (TPSA) is 30.5 Å². The molecule has 0 fully saturated rings. The van der Waals surface area contributed by atoms with Gasteiger partial charge in [0.1, 0.15) is 6.61 Å². The van der Waals surface area contributed by atoms with E-state index in [0.717, 1.165) is 38.9 Å². The molecular weight excluding hydrogens is 358 g/mol. The largest absolute Gasteiger partial charge is 0.493 e. The molecule has 0 atom stereocenters. The molecule has 0 radical (unpaired) electrons. The Balaban J connectivity index is 1.66. The molecule has 0 saturated heterocycles.